The predicted molar refractivity (Wildman–Crippen MR) is 110 cm³/mol. The number of amides is 1. The van der Waals surface area contributed by atoms with Gasteiger partial charge in [-0.25, -0.2) is 9.07 Å². The molecular formula is C20H18BrFN4O2. The highest BCUT2D eigenvalue weighted by Gasteiger charge is 2.12. The molecule has 0 radical (unpaired) electrons. The van der Waals surface area contributed by atoms with Crippen LogP contribution < -0.4 is 16.2 Å². The summed E-state index contributed by atoms with van der Waals surface area (Å²) in [6, 6.07) is 12.6. The fourth-order valence-electron chi connectivity index (χ4n) is 2.59. The number of hydrogen-bond acceptors (Lipinski definition) is 4. The van der Waals surface area contributed by atoms with E-state index in [1.807, 2.05) is 19.1 Å². The van der Waals surface area contributed by atoms with Gasteiger partial charge in [0.2, 0.25) is 0 Å². The molecule has 0 saturated heterocycles. The molecule has 8 heteroatoms. The molecule has 0 aliphatic rings. The van der Waals surface area contributed by atoms with E-state index in [9.17, 15) is 14.0 Å². The van der Waals surface area contributed by atoms with Crippen molar-refractivity contribution in [3.05, 3.63) is 86.5 Å². The number of nitrogens with one attached hydrogen (secondary N) is 2. The van der Waals surface area contributed by atoms with E-state index in [4.69, 9.17) is 0 Å². The standard InChI is InChI=1S/C20H18BrFN4O2/c1-12(24-17-11-23-26(2)20(28)18(17)21)13-5-9-16(10-6-13)25-19(27)14-3-7-15(22)8-4-14/h3-12,24H,1-2H3,(H,25,27). The molecule has 0 bridgehead atoms. The number of aromatic nitrogens is 2. The van der Waals surface area contributed by atoms with Gasteiger partial charge >= 0.3 is 0 Å². The second kappa shape index (κ2) is 8.35. The van der Waals surface area contributed by atoms with Crippen molar-refractivity contribution in [3.8, 4) is 0 Å². The third-order valence-electron chi connectivity index (χ3n) is 4.23. The zero-order valence-corrected chi connectivity index (χ0v) is 16.8. The van der Waals surface area contributed by atoms with E-state index < -0.39 is 0 Å². The summed E-state index contributed by atoms with van der Waals surface area (Å²) >= 11 is 3.29. The second-order valence-electron chi connectivity index (χ2n) is 6.25. The molecule has 144 valence electrons. The number of aryl methyl sites for hydroxylation is 1. The molecule has 3 rings (SSSR count). The van der Waals surface area contributed by atoms with Crippen LogP contribution in [0.2, 0.25) is 0 Å². The minimum Gasteiger partial charge on any atom is -0.376 e. The minimum absolute atomic E-state index is 0.0907. The summed E-state index contributed by atoms with van der Waals surface area (Å²) in [6.07, 6.45) is 1.58. The summed E-state index contributed by atoms with van der Waals surface area (Å²) < 4.78 is 14.6. The summed E-state index contributed by atoms with van der Waals surface area (Å²) in [5.41, 5.74) is 2.35. The fourth-order valence-corrected chi connectivity index (χ4v) is 3.06. The average Bonchev–Trinajstić information content (AvgIpc) is 2.69. The Bertz CT molecular complexity index is 1050. The van der Waals surface area contributed by atoms with Crippen molar-refractivity contribution < 1.29 is 9.18 Å². The Kier molecular flexibility index (Phi) is 5.89. The van der Waals surface area contributed by atoms with Crippen molar-refractivity contribution in [3.63, 3.8) is 0 Å². The Hall–Kier alpha value is -3.00. The van der Waals surface area contributed by atoms with Crippen LogP contribution in [-0.2, 0) is 7.05 Å². The van der Waals surface area contributed by atoms with Crippen LogP contribution in [0.15, 0.2) is 64.0 Å². The normalized spacial score (nSPS) is 11.7. The van der Waals surface area contributed by atoms with Crippen molar-refractivity contribution in [2.75, 3.05) is 10.6 Å². The number of nitrogens with zero attached hydrogens (tertiary/aromatic N) is 2. The van der Waals surface area contributed by atoms with Crippen LogP contribution in [0.1, 0.15) is 28.9 Å². The van der Waals surface area contributed by atoms with Crippen LogP contribution in [0.3, 0.4) is 0 Å². The van der Waals surface area contributed by atoms with Crippen molar-refractivity contribution in [1.82, 2.24) is 9.78 Å². The first kappa shape index (κ1) is 19.8. The van der Waals surface area contributed by atoms with Gasteiger partial charge in [-0.05, 0) is 64.8 Å². The lowest BCUT2D eigenvalue weighted by molar-refractivity contribution is 0.102. The highest BCUT2D eigenvalue weighted by atomic mass is 79.9. The van der Waals surface area contributed by atoms with Gasteiger partial charge in [-0.2, -0.15) is 5.10 Å². The van der Waals surface area contributed by atoms with E-state index in [1.54, 1.807) is 25.4 Å². The minimum atomic E-state index is -0.388. The van der Waals surface area contributed by atoms with Crippen molar-refractivity contribution in [2.45, 2.75) is 13.0 Å². The van der Waals surface area contributed by atoms with Gasteiger partial charge < -0.3 is 10.6 Å². The fraction of sp³-hybridized carbons (Fsp3) is 0.150. The lowest BCUT2D eigenvalue weighted by Crippen LogP contribution is -2.22. The highest BCUT2D eigenvalue weighted by molar-refractivity contribution is 9.10. The van der Waals surface area contributed by atoms with Gasteiger partial charge in [0.15, 0.2) is 0 Å². The van der Waals surface area contributed by atoms with Crippen molar-refractivity contribution >= 4 is 33.2 Å². The Morgan fingerprint density at radius 3 is 2.43 bits per heavy atom. The molecule has 0 fully saturated rings. The molecule has 0 aliphatic heterocycles. The van der Waals surface area contributed by atoms with Crippen LogP contribution in [0.4, 0.5) is 15.8 Å². The molecule has 0 spiro atoms. The van der Waals surface area contributed by atoms with E-state index in [2.05, 4.69) is 31.7 Å². The largest absolute Gasteiger partial charge is 0.376 e. The van der Waals surface area contributed by atoms with Gasteiger partial charge in [-0.15, -0.1) is 0 Å². The first-order valence-electron chi connectivity index (χ1n) is 8.50. The number of hydrogen-bond donors (Lipinski definition) is 2. The molecular weight excluding hydrogens is 427 g/mol. The predicted octanol–water partition coefficient (Wildman–Crippen LogP) is 4.11. The third kappa shape index (κ3) is 4.45. The maximum Gasteiger partial charge on any atom is 0.282 e. The Morgan fingerprint density at radius 1 is 1.14 bits per heavy atom. The Labute approximate surface area is 169 Å². The molecule has 1 aromatic heterocycles. The van der Waals surface area contributed by atoms with Crippen molar-refractivity contribution in [1.29, 1.82) is 0 Å². The van der Waals surface area contributed by atoms with Gasteiger partial charge in [-0.3, -0.25) is 9.59 Å². The quantitative estimate of drug-likeness (QED) is 0.620. The Morgan fingerprint density at radius 2 is 1.79 bits per heavy atom. The number of carbonyl (C=O) groups is 1. The number of benzene rings is 2. The summed E-state index contributed by atoms with van der Waals surface area (Å²) in [5, 5.41) is 10.0. The molecule has 1 atom stereocenters. The topological polar surface area (TPSA) is 76.0 Å². The maximum absolute atomic E-state index is 13.0. The lowest BCUT2D eigenvalue weighted by atomic mass is 10.1. The first-order chi connectivity index (χ1) is 13.3. The first-order valence-corrected chi connectivity index (χ1v) is 9.29. The van der Waals surface area contributed by atoms with Gasteiger partial charge in [-0.1, -0.05) is 12.1 Å². The van der Waals surface area contributed by atoms with E-state index in [1.165, 1.54) is 28.9 Å². The second-order valence-corrected chi connectivity index (χ2v) is 7.04. The molecule has 1 amide bonds. The van der Waals surface area contributed by atoms with E-state index >= 15 is 0 Å². The monoisotopic (exact) mass is 444 g/mol. The number of carbonyl (C=O) groups excluding carboxylic acids is 1. The number of rotatable bonds is 5. The van der Waals surface area contributed by atoms with Gasteiger partial charge in [0.05, 0.1) is 11.9 Å². The van der Waals surface area contributed by atoms with Crippen LogP contribution >= 0.6 is 15.9 Å². The molecule has 1 unspecified atom stereocenters. The molecule has 6 nitrogen and oxygen atoms in total. The number of anilines is 2. The summed E-state index contributed by atoms with van der Waals surface area (Å²) in [6.45, 7) is 1.95. The van der Waals surface area contributed by atoms with Crippen LogP contribution in [0, 0.1) is 5.82 Å². The maximum atomic E-state index is 13.0. The zero-order chi connectivity index (χ0) is 20.3. The molecule has 28 heavy (non-hydrogen) atoms. The molecule has 0 aliphatic carbocycles. The SMILES string of the molecule is CC(Nc1cnn(C)c(=O)c1Br)c1ccc(NC(=O)c2ccc(F)cc2)cc1. The molecule has 2 aromatic carbocycles. The van der Waals surface area contributed by atoms with E-state index in [-0.39, 0.29) is 23.3 Å². The molecule has 1 heterocycles. The van der Waals surface area contributed by atoms with Gasteiger partial charge in [0.25, 0.3) is 11.5 Å². The molecule has 0 saturated carbocycles. The zero-order valence-electron chi connectivity index (χ0n) is 15.2. The number of halogens is 2. The van der Waals surface area contributed by atoms with Gasteiger partial charge in [0.1, 0.15) is 10.3 Å². The summed E-state index contributed by atoms with van der Waals surface area (Å²) in [4.78, 5) is 24.1. The van der Waals surface area contributed by atoms with E-state index in [0.29, 0.717) is 21.4 Å². The highest BCUT2D eigenvalue weighted by Crippen LogP contribution is 2.24. The van der Waals surface area contributed by atoms with Crippen LogP contribution in [0.5, 0.6) is 0 Å². The van der Waals surface area contributed by atoms with Crippen LogP contribution in [-0.4, -0.2) is 15.7 Å². The third-order valence-corrected chi connectivity index (χ3v) is 4.99. The Balaban J connectivity index is 1.68. The molecule has 2 N–H and O–H groups in total. The average molecular weight is 445 g/mol. The van der Waals surface area contributed by atoms with Crippen LogP contribution in [0.25, 0.3) is 0 Å². The van der Waals surface area contributed by atoms with Crippen molar-refractivity contribution in [2.24, 2.45) is 7.05 Å². The van der Waals surface area contributed by atoms with E-state index in [0.717, 1.165) is 5.56 Å². The lowest BCUT2D eigenvalue weighted by Gasteiger charge is -2.17. The molecule has 3 aromatic rings. The summed E-state index contributed by atoms with van der Waals surface area (Å²) in [5.74, 6) is -0.699. The van der Waals surface area contributed by atoms with Gasteiger partial charge in [0, 0.05) is 24.3 Å². The summed E-state index contributed by atoms with van der Waals surface area (Å²) in [7, 11) is 1.58. The smallest absolute Gasteiger partial charge is 0.282 e.